The SMILES string of the molecule is CC(=O)N[C@H]1[C@H](O[C@H]2[C@@H](O)[C@@H](CO)O[C@@H](O[C@@H]([C@H](O)[C@@H](O)CO)[C@H](O)CO)[C@@H]2O)O[C@H](CO)[C@@H](O[C@@H]2O[C@H](CO)[C@H](O)[C@H](O)[C@H]2O)[C@@H]1O. The van der Waals surface area contributed by atoms with Gasteiger partial charge in [0.15, 0.2) is 18.9 Å². The number of carbonyl (C=O) groups excluding carboxylic acids is 1. The summed E-state index contributed by atoms with van der Waals surface area (Å²) in [6.07, 6.45) is -33.0. The topological polar surface area (TPSA) is 368 Å². The number of carbonyl (C=O) groups is 1. The molecule has 0 aromatic carbocycles. The molecule has 0 aliphatic carbocycles. The summed E-state index contributed by atoms with van der Waals surface area (Å²) in [5.41, 5.74) is 0. The van der Waals surface area contributed by atoms with Gasteiger partial charge in [0.25, 0.3) is 0 Å². The molecule has 3 aliphatic rings. The fourth-order valence-corrected chi connectivity index (χ4v) is 5.54. The monoisotopic (exact) mass is 709 g/mol. The van der Waals surface area contributed by atoms with Crippen LogP contribution in [0.15, 0.2) is 0 Å². The Bertz CT molecular complexity index is 982. The smallest absolute Gasteiger partial charge is 0.217 e. The normalized spacial score (nSPS) is 43.3. The zero-order chi connectivity index (χ0) is 36.0. The Morgan fingerprint density at radius 3 is 1.69 bits per heavy atom. The first-order chi connectivity index (χ1) is 22.6. The maximum atomic E-state index is 12.1. The Labute approximate surface area is 272 Å². The predicted molar refractivity (Wildman–Crippen MR) is 148 cm³/mol. The molecule has 48 heavy (non-hydrogen) atoms. The van der Waals surface area contributed by atoms with Crippen molar-refractivity contribution in [3.05, 3.63) is 0 Å². The Morgan fingerprint density at radius 2 is 1.15 bits per heavy atom. The molecule has 22 heteroatoms. The zero-order valence-electron chi connectivity index (χ0n) is 25.6. The number of aliphatic hydroxyl groups is 14. The second kappa shape index (κ2) is 18.2. The molecule has 22 nitrogen and oxygen atoms in total. The fourth-order valence-electron chi connectivity index (χ4n) is 5.54. The highest BCUT2D eigenvalue weighted by molar-refractivity contribution is 5.73. The Balaban J connectivity index is 1.88. The van der Waals surface area contributed by atoms with Crippen LogP contribution in [0.3, 0.4) is 0 Å². The van der Waals surface area contributed by atoms with E-state index < -0.39 is 155 Å². The molecule has 3 saturated heterocycles. The number of amides is 1. The van der Waals surface area contributed by atoms with Crippen LogP contribution in [0.4, 0.5) is 0 Å². The van der Waals surface area contributed by atoms with Crippen LogP contribution in [0.25, 0.3) is 0 Å². The van der Waals surface area contributed by atoms with Gasteiger partial charge < -0.3 is 105 Å². The van der Waals surface area contributed by atoms with Gasteiger partial charge in [0, 0.05) is 6.92 Å². The third kappa shape index (κ3) is 9.12. The quantitative estimate of drug-likeness (QED) is 0.0750. The number of ether oxygens (including phenoxy) is 6. The maximum absolute atomic E-state index is 12.1. The summed E-state index contributed by atoms with van der Waals surface area (Å²) >= 11 is 0. The van der Waals surface area contributed by atoms with Crippen LogP contribution >= 0.6 is 0 Å². The van der Waals surface area contributed by atoms with E-state index in [4.69, 9.17) is 28.4 Å². The molecule has 19 atom stereocenters. The largest absolute Gasteiger partial charge is 0.394 e. The highest BCUT2D eigenvalue weighted by Crippen LogP contribution is 2.33. The molecule has 3 rings (SSSR count). The molecule has 0 aromatic heterocycles. The first kappa shape index (κ1) is 41.1. The number of rotatable bonds is 15. The summed E-state index contributed by atoms with van der Waals surface area (Å²) < 4.78 is 33.2. The molecule has 0 spiro atoms. The lowest BCUT2D eigenvalue weighted by atomic mass is 9.94. The van der Waals surface area contributed by atoms with Gasteiger partial charge >= 0.3 is 0 Å². The second-order valence-electron chi connectivity index (χ2n) is 11.6. The van der Waals surface area contributed by atoms with Gasteiger partial charge in [-0.15, -0.1) is 0 Å². The predicted octanol–water partition coefficient (Wildman–Crippen LogP) is -9.97. The summed E-state index contributed by atoms with van der Waals surface area (Å²) in [6.45, 7) is -3.66. The van der Waals surface area contributed by atoms with E-state index in [2.05, 4.69) is 5.32 Å². The lowest BCUT2D eigenvalue weighted by Crippen LogP contribution is -2.69. The van der Waals surface area contributed by atoms with Crippen molar-refractivity contribution in [2.75, 3.05) is 33.0 Å². The third-order valence-electron chi connectivity index (χ3n) is 8.25. The first-order valence-electron chi connectivity index (χ1n) is 15.0. The molecule has 0 aromatic rings. The molecule has 15 N–H and O–H groups in total. The van der Waals surface area contributed by atoms with Crippen molar-refractivity contribution >= 4 is 5.91 Å². The maximum Gasteiger partial charge on any atom is 0.217 e. The lowest BCUT2D eigenvalue weighted by Gasteiger charge is -2.49. The number of nitrogens with one attached hydrogen (secondary N) is 1. The van der Waals surface area contributed by atoms with Crippen molar-refractivity contribution in [3.8, 4) is 0 Å². The van der Waals surface area contributed by atoms with Gasteiger partial charge in [-0.1, -0.05) is 0 Å². The fraction of sp³-hybridized carbons (Fsp3) is 0.962. The van der Waals surface area contributed by atoms with Gasteiger partial charge in [-0.3, -0.25) is 4.79 Å². The van der Waals surface area contributed by atoms with Crippen LogP contribution in [0.5, 0.6) is 0 Å². The van der Waals surface area contributed by atoms with Gasteiger partial charge in [0.2, 0.25) is 5.91 Å². The van der Waals surface area contributed by atoms with Crippen molar-refractivity contribution < 1.29 is 105 Å². The summed E-state index contributed by atoms with van der Waals surface area (Å²) in [6, 6.07) is -1.64. The van der Waals surface area contributed by atoms with Gasteiger partial charge in [-0.25, -0.2) is 0 Å². The Kier molecular flexibility index (Phi) is 15.6. The summed E-state index contributed by atoms with van der Waals surface area (Å²) in [5, 5.41) is 145. The van der Waals surface area contributed by atoms with Crippen molar-refractivity contribution in [3.63, 3.8) is 0 Å². The van der Waals surface area contributed by atoms with Crippen LogP contribution < -0.4 is 5.32 Å². The van der Waals surface area contributed by atoms with Crippen LogP contribution in [0.2, 0.25) is 0 Å². The molecule has 0 radical (unpaired) electrons. The van der Waals surface area contributed by atoms with E-state index in [1.165, 1.54) is 0 Å². The number of hydrogen-bond donors (Lipinski definition) is 15. The second-order valence-corrected chi connectivity index (χ2v) is 11.6. The van der Waals surface area contributed by atoms with Crippen molar-refractivity contribution in [1.29, 1.82) is 0 Å². The summed E-state index contributed by atoms with van der Waals surface area (Å²) in [5.74, 6) is -0.773. The minimum Gasteiger partial charge on any atom is -0.394 e. The third-order valence-corrected chi connectivity index (χ3v) is 8.25. The average molecular weight is 710 g/mol. The molecule has 3 aliphatic heterocycles. The first-order valence-corrected chi connectivity index (χ1v) is 15.0. The Morgan fingerprint density at radius 1 is 0.625 bits per heavy atom. The van der Waals surface area contributed by atoms with Gasteiger partial charge in [0.1, 0.15) is 97.6 Å². The molecule has 3 fully saturated rings. The molecular formula is C26H47NO21. The van der Waals surface area contributed by atoms with E-state index in [-0.39, 0.29) is 0 Å². The number of hydrogen-bond acceptors (Lipinski definition) is 21. The Hall–Kier alpha value is -1.33. The molecule has 1 amide bonds. The minimum absolute atomic E-state index is 0.773. The van der Waals surface area contributed by atoms with Crippen LogP contribution in [-0.4, -0.2) is 227 Å². The van der Waals surface area contributed by atoms with Crippen molar-refractivity contribution in [1.82, 2.24) is 5.32 Å². The van der Waals surface area contributed by atoms with Crippen molar-refractivity contribution in [2.45, 2.75) is 123 Å². The van der Waals surface area contributed by atoms with Gasteiger partial charge in [0.05, 0.1) is 33.0 Å². The van der Waals surface area contributed by atoms with E-state index >= 15 is 0 Å². The van der Waals surface area contributed by atoms with Gasteiger partial charge in [-0.2, -0.15) is 0 Å². The van der Waals surface area contributed by atoms with Crippen LogP contribution in [0, 0.1) is 0 Å². The van der Waals surface area contributed by atoms with Crippen molar-refractivity contribution in [2.24, 2.45) is 0 Å². The lowest BCUT2D eigenvalue weighted by molar-refractivity contribution is -0.373. The summed E-state index contributed by atoms with van der Waals surface area (Å²) in [4.78, 5) is 12.1. The molecular weight excluding hydrogens is 662 g/mol. The zero-order valence-corrected chi connectivity index (χ0v) is 25.6. The standard InChI is InChI=1S/C26H47NO21/c1-7(33)27-13-17(39)22(47-25-19(41)18(40)15(37)10(4-30)43-25)12(6-32)45-24(13)48-23-16(38)11(5-31)44-26(20(23)42)46-21(9(35)3-29)14(36)8(34)2-28/h8-26,28-32,34-42H,2-6H2,1H3,(H,27,33)/t8-,9+,10+,11+,12+,13+,14+,15-,16-,17+,18-,19+,20+,21+,22+,23-,24-,25-,26-/m0/s1. The van der Waals surface area contributed by atoms with E-state index in [0.29, 0.717) is 0 Å². The molecule has 0 bridgehead atoms. The van der Waals surface area contributed by atoms with Gasteiger partial charge in [-0.05, 0) is 0 Å². The highest BCUT2D eigenvalue weighted by atomic mass is 16.8. The molecule has 0 unspecified atom stereocenters. The van der Waals surface area contributed by atoms with E-state index in [0.717, 1.165) is 6.92 Å². The highest BCUT2D eigenvalue weighted by Gasteiger charge is 2.54. The summed E-state index contributed by atoms with van der Waals surface area (Å²) in [7, 11) is 0. The van der Waals surface area contributed by atoms with Crippen LogP contribution in [0.1, 0.15) is 6.92 Å². The molecule has 3 heterocycles. The van der Waals surface area contributed by atoms with E-state index in [1.807, 2.05) is 0 Å². The molecule has 0 saturated carbocycles. The van der Waals surface area contributed by atoms with E-state index in [1.54, 1.807) is 0 Å². The minimum atomic E-state index is -2.09. The molecule has 282 valence electrons. The van der Waals surface area contributed by atoms with Crippen LogP contribution in [-0.2, 0) is 33.2 Å². The number of aliphatic hydroxyl groups excluding tert-OH is 14. The van der Waals surface area contributed by atoms with E-state index in [9.17, 15) is 76.3 Å². The average Bonchev–Trinajstić information content (AvgIpc) is 3.07.